The van der Waals surface area contributed by atoms with E-state index in [0.717, 1.165) is 94.1 Å². The minimum Gasteiger partial charge on any atom is -0.456 e. The molecule has 0 atom stereocenters. The number of para-hydroxylation sites is 2. The Morgan fingerprint density at radius 3 is 1.60 bits per heavy atom. The molecule has 6 nitrogen and oxygen atoms in total. The third-order valence-corrected chi connectivity index (χ3v) is 13.4. The average molecular weight is 856 g/mol. The Kier molecular flexibility index (Phi) is 8.18. The fraction of sp³-hybridized carbons (Fsp3) is 0. The van der Waals surface area contributed by atoms with Crippen LogP contribution in [0.1, 0.15) is 0 Å². The number of pyridine rings is 1. The van der Waals surface area contributed by atoms with Gasteiger partial charge in [-0.2, -0.15) is 0 Å². The molecule has 14 aromatic rings. The van der Waals surface area contributed by atoms with Gasteiger partial charge < -0.3 is 8.98 Å². The van der Waals surface area contributed by atoms with Crippen molar-refractivity contribution in [3.63, 3.8) is 0 Å². The van der Waals surface area contributed by atoms with E-state index in [1.807, 2.05) is 24.4 Å². The first-order valence-corrected chi connectivity index (χ1v) is 22.6. The predicted molar refractivity (Wildman–Crippen MR) is 275 cm³/mol. The highest BCUT2D eigenvalue weighted by Gasteiger charge is 2.19. The Morgan fingerprint density at radius 2 is 0.881 bits per heavy atom. The lowest BCUT2D eigenvalue weighted by Gasteiger charge is -2.12. The summed E-state index contributed by atoms with van der Waals surface area (Å²) < 4.78 is 10.7. The van der Waals surface area contributed by atoms with E-state index < -0.39 is 0 Å². The molecule has 0 unspecified atom stereocenters. The van der Waals surface area contributed by atoms with Crippen LogP contribution in [0.4, 0.5) is 0 Å². The van der Waals surface area contributed by atoms with Crippen LogP contribution in [-0.2, 0) is 0 Å². The second-order valence-corrected chi connectivity index (χ2v) is 17.3. The zero-order valence-electron chi connectivity index (χ0n) is 36.0. The fourth-order valence-corrected chi connectivity index (χ4v) is 10.2. The Bertz CT molecular complexity index is 4220. The highest BCUT2D eigenvalue weighted by molar-refractivity contribution is 6.12. The number of hydrogen-bond donors (Lipinski definition) is 0. The van der Waals surface area contributed by atoms with Crippen molar-refractivity contribution in [3.05, 3.63) is 225 Å². The molecule has 312 valence electrons. The Hall–Kier alpha value is -9.13. The van der Waals surface area contributed by atoms with Gasteiger partial charge in [0.2, 0.25) is 5.95 Å². The molecule has 0 spiro atoms. The van der Waals surface area contributed by atoms with Crippen LogP contribution in [-0.4, -0.2) is 24.1 Å². The van der Waals surface area contributed by atoms with E-state index in [1.54, 1.807) is 6.20 Å². The SMILES string of the molecule is c1ccc(-c2cc(-c3ccccc3)nc(-n3c4ccccc4c4ccc(-c5ccc6cc(-c7ccc8c(c7)c7ccccc7n8-c7ccc8oc9ccncc9c8c7)ccc6c5)cc43)n2)cc1. The molecule has 0 amide bonds. The molecule has 14 rings (SSSR count). The van der Waals surface area contributed by atoms with Crippen LogP contribution in [0.15, 0.2) is 229 Å². The molecule has 6 heteroatoms. The van der Waals surface area contributed by atoms with Gasteiger partial charge in [0.25, 0.3) is 0 Å². The first kappa shape index (κ1) is 37.3. The van der Waals surface area contributed by atoms with Crippen molar-refractivity contribution in [2.75, 3.05) is 0 Å². The van der Waals surface area contributed by atoms with Gasteiger partial charge in [-0.15, -0.1) is 0 Å². The van der Waals surface area contributed by atoms with Crippen molar-refractivity contribution in [2.24, 2.45) is 0 Å². The van der Waals surface area contributed by atoms with E-state index in [9.17, 15) is 0 Å². The number of aromatic nitrogens is 5. The first-order chi connectivity index (χ1) is 33.2. The number of rotatable bonds is 6. The molecule has 0 fully saturated rings. The lowest BCUT2D eigenvalue weighted by Crippen LogP contribution is -2.04. The van der Waals surface area contributed by atoms with Crippen molar-refractivity contribution in [2.45, 2.75) is 0 Å². The highest BCUT2D eigenvalue weighted by Crippen LogP contribution is 2.40. The topological polar surface area (TPSA) is 61.7 Å². The fourth-order valence-electron chi connectivity index (χ4n) is 10.2. The summed E-state index contributed by atoms with van der Waals surface area (Å²) in [5.74, 6) is 0.639. The standard InChI is InChI=1S/C61H37N5O/c1-3-11-38(12-4-1)53-36-54(39-13-5-2-6-14-39)64-61(63-53)66-56-18-10-7-15-47(56)49-26-23-45(34-58(49)66)43-22-20-40-31-42(21-19-41(40)32-43)44-24-27-57-50(33-44)48-16-8-9-17-55(48)65(57)46-25-28-59-51(35-46)52-37-62-30-29-60(52)67-59/h1-37H. The van der Waals surface area contributed by atoms with Crippen LogP contribution in [0, 0.1) is 0 Å². The normalized spacial score (nSPS) is 11.9. The van der Waals surface area contributed by atoms with E-state index in [0.29, 0.717) is 5.95 Å². The minimum atomic E-state index is 0.639. The van der Waals surface area contributed by atoms with Crippen LogP contribution in [0.2, 0.25) is 0 Å². The molecule has 5 aromatic heterocycles. The monoisotopic (exact) mass is 855 g/mol. The lowest BCUT2D eigenvalue weighted by atomic mass is 9.96. The molecule has 0 radical (unpaired) electrons. The van der Waals surface area contributed by atoms with Crippen LogP contribution in [0.5, 0.6) is 0 Å². The molecule has 0 N–H and O–H groups in total. The molecule has 5 heterocycles. The average Bonchev–Trinajstić information content (AvgIpc) is 4.05. The van der Waals surface area contributed by atoms with Gasteiger partial charge in [-0.1, -0.05) is 140 Å². The Balaban J connectivity index is 0.855. The van der Waals surface area contributed by atoms with E-state index in [2.05, 4.69) is 208 Å². The van der Waals surface area contributed by atoms with Gasteiger partial charge in [-0.3, -0.25) is 9.55 Å². The zero-order chi connectivity index (χ0) is 44.0. The van der Waals surface area contributed by atoms with Gasteiger partial charge in [-0.05, 0) is 106 Å². The van der Waals surface area contributed by atoms with Crippen LogP contribution < -0.4 is 0 Å². The molecule has 0 saturated carbocycles. The summed E-state index contributed by atoms with van der Waals surface area (Å²) in [6.45, 7) is 0. The second kappa shape index (κ2) is 14.7. The van der Waals surface area contributed by atoms with Crippen molar-refractivity contribution >= 4 is 76.3 Å². The molecule has 0 aliphatic heterocycles. The van der Waals surface area contributed by atoms with Gasteiger partial charge >= 0.3 is 0 Å². The largest absolute Gasteiger partial charge is 0.456 e. The summed E-state index contributed by atoms with van der Waals surface area (Å²) in [6.07, 6.45) is 3.66. The maximum atomic E-state index is 6.15. The summed E-state index contributed by atoms with van der Waals surface area (Å²) in [6, 6.07) is 75.7. The van der Waals surface area contributed by atoms with E-state index in [4.69, 9.17) is 14.4 Å². The van der Waals surface area contributed by atoms with Crippen molar-refractivity contribution < 1.29 is 4.42 Å². The second-order valence-electron chi connectivity index (χ2n) is 17.3. The van der Waals surface area contributed by atoms with Gasteiger partial charge in [0, 0.05) is 61.5 Å². The summed E-state index contributed by atoms with van der Waals surface area (Å²) in [5, 5.41) is 9.19. The third kappa shape index (κ3) is 6.00. The van der Waals surface area contributed by atoms with Crippen LogP contribution in [0.3, 0.4) is 0 Å². The smallest absolute Gasteiger partial charge is 0.235 e. The zero-order valence-corrected chi connectivity index (χ0v) is 36.0. The maximum absolute atomic E-state index is 6.15. The Morgan fingerprint density at radius 1 is 0.328 bits per heavy atom. The molecule has 0 aliphatic carbocycles. The predicted octanol–water partition coefficient (Wildman–Crippen LogP) is 15.8. The van der Waals surface area contributed by atoms with Crippen molar-refractivity contribution in [1.29, 1.82) is 0 Å². The van der Waals surface area contributed by atoms with Gasteiger partial charge in [-0.25, -0.2) is 9.97 Å². The number of fused-ring (bicyclic) bond motifs is 10. The first-order valence-electron chi connectivity index (χ1n) is 22.6. The summed E-state index contributed by atoms with van der Waals surface area (Å²) in [7, 11) is 0. The summed E-state index contributed by atoms with van der Waals surface area (Å²) in [4.78, 5) is 14.9. The van der Waals surface area contributed by atoms with Gasteiger partial charge in [0.05, 0.1) is 33.5 Å². The number of hydrogen-bond acceptors (Lipinski definition) is 4. The van der Waals surface area contributed by atoms with Gasteiger partial charge in [0.15, 0.2) is 0 Å². The highest BCUT2D eigenvalue weighted by atomic mass is 16.3. The minimum absolute atomic E-state index is 0.639. The van der Waals surface area contributed by atoms with Gasteiger partial charge in [0.1, 0.15) is 11.2 Å². The van der Waals surface area contributed by atoms with E-state index >= 15 is 0 Å². The quantitative estimate of drug-likeness (QED) is 0.167. The van der Waals surface area contributed by atoms with Crippen LogP contribution in [0.25, 0.3) is 133 Å². The molecule has 67 heavy (non-hydrogen) atoms. The molecule has 0 bridgehead atoms. The summed E-state index contributed by atoms with van der Waals surface area (Å²) in [5.41, 5.74) is 15.7. The molecule has 9 aromatic carbocycles. The number of nitrogens with zero attached hydrogens (tertiary/aromatic N) is 5. The molecule has 0 aliphatic rings. The van der Waals surface area contributed by atoms with Crippen molar-refractivity contribution in [1.82, 2.24) is 24.1 Å². The lowest BCUT2D eigenvalue weighted by molar-refractivity contribution is 0.668. The number of benzene rings is 9. The molecular formula is C61H37N5O. The summed E-state index contributed by atoms with van der Waals surface area (Å²) >= 11 is 0. The Labute approximate surface area is 384 Å². The maximum Gasteiger partial charge on any atom is 0.235 e. The van der Waals surface area contributed by atoms with E-state index in [1.165, 1.54) is 32.7 Å². The third-order valence-electron chi connectivity index (χ3n) is 13.4. The molecular weight excluding hydrogens is 819 g/mol. The molecule has 0 saturated heterocycles. The van der Waals surface area contributed by atoms with Crippen molar-refractivity contribution in [3.8, 4) is 56.4 Å². The van der Waals surface area contributed by atoms with E-state index in [-0.39, 0.29) is 0 Å². The van der Waals surface area contributed by atoms with Crippen LogP contribution >= 0.6 is 0 Å². The number of furan rings is 1.